The van der Waals surface area contributed by atoms with Gasteiger partial charge in [-0.15, -0.1) is 0 Å². The topological polar surface area (TPSA) is 28.7 Å². The monoisotopic (exact) mass is 220 g/mol. The maximum atomic E-state index is 13.4. The summed E-state index contributed by atoms with van der Waals surface area (Å²) in [5.41, 5.74) is 1.27. The average molecular weight is 221 g/mol. The third kappa shape index (κ3) is 1.72. The summed E-state index contributed by atoms with van der Waals surface area (Å²) in [4.78, 5) is 0. The van der Waals surface area contributed by atoms with E-state index in [0.29, 0.717) is 16.8 Å². The van der Waals surface area contributed by atoms with Crippen LogP contribution in [0.5, 0.6) is 0 Å². The van der Waals surface area contributed by atoms with E-state index in [9.17, 15) is 4.39 Å². The van der Waals surface area contributed by atoms with Gasteiger partial charge in [-0.2, -0.15) is 5.26 Å². The van der Waals surface area contributed by atoms with Crippen molar-refractivity contribution in [2.24, 2.45) is 0 Å². The molecule has 1 aromatic carbocycles. The quantitative estimate of drug-likeness (QED) is 0.726. The Hall–Kier alpha value is -1.79. The molecule has 0 aliphatic heterocycles. The maximum absolute atomic E-state index is 13.4. The van der Waals surface area contributed by atoms with Crippen molar-refractivity contribution in [2.45, 2.75) is 0 Å². The molecule has 0 saturated heterocycles. The first-order valence-corrected chi connectivity index (χ1v) is 4.59. The van der Waals surface area contributed by atoms with Crippen LogP contribution < -0.4 is 0 Å². The Morgan fingerprint density at radius 3 is 2.67 bits per heavy atom. The second kappa shape index (κ2) is 3.76. The van der Waals surface area contributed by atoms with E-state index in [-0.39, 0.29) is 5.82 Å². The van der Waals surface area contributed by atoms with Crippen molar-refractivity contribution in [2.75, 3.05) is 0 Å². The summed E-state index contributed by atoms with van der Waals surface area (Å²) in [7, 11) is 0. The minimum atomic E-state index is -0.359. The van der Waals surface area contributed by atoms with Crippen LogP contribution in [0.15, 0.2) is 36.5 Å². The predicted molar refractivity (Wildman–Crippen MR) is 55.8 cm³/mol. The van der Waals surface area contributed by atoms with Gasteiger partial charge in [-0.1, -0.05) is 12.1 Å². The molecule has 1 aromatic heterocycles. The third-order valence-corrected chi connectivity index (χ3v) is 2.33. The zero-order valence-electron chi connectivity index (χ0n) is 7.61. The lowest BCUT2D eigenvalue weighted by Crippen LogP contribution is -1.87. The van der Waals surface area contributed by atoms with Crippen molar-refractivity contribution in [3.05, 3.63) is 47.9 Å². The highest BCUT2D eigenvalue weighted by atomic mass is 35.5. The number of aromatic nitrogens is 1. The third-order valence-electron chi connectivity index (χ3n) is 2.05. The molecule has 0 aliphatic rings. The Morgan fingerprint density at radius 2 is 2.07 bits per heavy atom. The zero-order valence-corrected chi connectivity index (χ0v) is 8.37. The number of hydrogen-bond acceptors (Lipinski definition) is 1. The molecule has 74 valence electrons. The van der Waals surface area contributed by atoms with Crippen LogP contribution in [-0.4, -0.2) is 4.09 Å². The lowest BCUT2D eigenvalue weighted by atomic mass is 10.1. The minimum absolute atomic E-state index is 0.359. The second-order valence-corrected chi connectivity index (χ2v) is 3.38. The van der Waals surface area contributed by atoms with Crippen molar-refractivity contribution in [3.63, 3.8) is 0 Å². The van der Waals surface area contributed by atoms with Crippen LogP contribution in [0.4, 0.5) is 4.39 Å². The normalized spacial score (nSPS) is 9.93. The van der Waals surface area contributed by atoms with Crippen LogP contribution in [-0.2, 0) is 0 Å². The molecule has 0 aliphatic carbocycles. The molecule has 2 aromatic rings. The molecule has 0 atom stereocenters. The fourth-order valence-corrected chi connectivity index (χ4v) is 1.61. The van der Waals surface area contributed by atoms with E-state index in [1.54, 1.807) is 24.3 Å². The van der Waals surface area contributed by atoms with E-state index in [4.69, 9.17) is 17.0 Å². The number of hydrogen-bond donors (Lipinski definition) is 0. The Kier molecular flexibility index (Phi) is 2.44. The summed E-state index contributed by atoms with van der Waals surface area (Å²) in [6, 6.07) is 9.78. The van der Waals surface area contributed by atoms with E-state index in [1.807, 2.05) is 6.07 Å². The van der Waals surface area contributed by atoms with Gasteiger partial charge in [-0.25, -0.2) is 4.39 Å². The van der Waals surface area contributed by atoms with Crippen molar-refractivity contribution in [1.29, 1.82) is 5.26 Å². The van der Waals surface area contributed by atoms with Crippen molar-refractivity contribution >= 4 is 11.8 Å². The highest BCUT2D eigenvalue weighted by Crippen LogP contribution is 2.25. The lowest BCUT2D eigenvalue weighted by Gasteiger charge is -2.01. The molecule has 1 heterocycles. The maximum Gasteiger partial charge on any atom is 0.132 e. The fraction of sp³-hybridized carbons (Fsp3) is 0. The van der Waals surface area contributed by atoms with Crippen LogP contribution in [0.3, 0.4) is 0 Å². The zero-order chi connectivity index (χ0) is 10.8. The smallest absolute Gasteiger partial charge is 0.132 e. The molecule has 2 rings (SSSR count). The molecule has 0 fully saturated rings. The van der Waals surface area contributed by atoms with Crippen molar-refractivity contribution < 1.29 is 4.39 Å². The van der Waals surface area contributed by atoms with Crippen LogP contribution in [0.25, 0.3) is 11.3 Å². The first-order chi connectivity index (χ1) is 7.22. The van der Waals surface area contributed by atoms with Gasteiger partial charge in [0.25, 0.3) is 0 Å². The number of halogens is 2. The van der Waals surface area contributed by atoms with E-state index >= 15 is 0 Å². The van der Waals surface area contributed by atoms with Gasteiger partial charge >= 0.3 is 0 Å². The van der Waals surface area contributed by atoms with Crippen LogP contribution in [0.1, 0.15) is 5.56 Å². The molecular formula is C11H6ClFN2. The Balaban J connectivity index is 2.60. The summed E-state index contributed by atoms with van der Waals surface area (Å²) >= 11 is 5.83. The van der Waals surface area contributed by atoms with Crippen LogP contribution in [0.2, 0.25) is 0 Å². The molecule has 0 spiro atoms. The molecule has 0 radical (unpaired) electrons. The van der Waals surface area contributed by atoms with Crippen LogP contribution in [0, 0.1) is 17.1 Å². The Bertz CT molecular complexity index is 540. The van der Waals surface area contributed by atoms with Gasteiger partial charge in [0.1, 0.15) is 11.9 Å². The van der Waals surface area contributed by atoms with Gasteiger partial charge in [0.15, 0.2) is 0 Å². The summed E-state index contributed by atoms with van der Waals surface area (Å²) < 4.78 is 14.6. The number of rotatable bonds is 1. The highest BCUT2D eigenvalue weighted by molar-refractivity contribution is 6.17. The first-order valence-electron chi connectivity index (χ1n) is 4.26. The van der Waals surface area contributed by atoms with Crippen LogP contribution >= 0.6 is 11.8 Å². The predicted octanol–water partition coefficient (Wildman–Crippen LogP) is 3.17. The largest absolute Gasteiger partial charge is 0.259 e. The summed E-state index contributed by atoms with van der Waals surface area (Å²) in [6.45, 7) is 0. The van der Waals surface area contributed by atoms with Crippen molar-refractivity contribution in [1.82, 2.24) is 4.09 Å². The first kappa shape index (κ1) is 9.75. The molecule has 0 unspecified atom stereocenters. The minimum Gasteiger partial charge on any atom is -0.259 e. The number of nitrogens with zero attached hydrogens (tertiary/aromatic N) is 2. The van der Waals surface area contributed by atoms with E-state index < -0.39 is 0 Å². The summed E-state index contributed by atoms with van der Waals surface area (Å²) in [5.74, 6) is -0.359. The molecule has 15 heavy (non-hydrogen) atoms. The Labute approximate surface area is 91.2 Å². The highest BCUT2D eigenvalue weighted by Gasteiger charge is 2.10. The summed E-state index contributed by atoms with van der Waals surface area (Å²) in [5, 5.41) is 8.68. The molecule has 4 heteroatoms. The molecule has 0 bridgehead atoms. The van der Waals surface area contributed by atoms with Gasteiger partial charge in [0.05, 0.1) is 11.3 Å². The molecule has 0 saturated carbocycles. The van der Waals surface area contributed by atoms with Gasteiger partial charge in [0, 0.05) is 23.5 Å². The molecule has 2 nitrogen and oxygen atoms in total. The Morgan fingerprint density at radius 1 is 1.33 bits per heavy atom. The van der Waals surface area contributed by atoms with Crippen molar-refractivity contribution in [3.8, 4) is 17.3 Å². The molecule has 0 amide bonds. The van der Waals surface area contributed by atoms with E-state index in [0.717, 1.165) is 0 Å². The van der Waals surface area contributed by atoms with E-state index in [2.05, 4.69) is 0 Å². The van der Waals surface area contributed by atoms with E-state index in [1.165, 1.54) is 16.3 Å². The SMILES string of the molecule is N#Cc1cc(-c2ccccc2F)n(Cl)c1. The van der Waals surface area contributed by atoms with Gasteiger partial charge in [-0.3, -0.25) is 4.09 Å². The van der Waals surface area contributed by atoms with Gasteiger partial charge in [-0.05, 0) is 18.2 Å². The van der Waals surface area contributed by atoms with Gasteiger partial charge < -0.3 is 0 Å². The number of nitriles is 1. The average Bonchev–Trinajstić information content (AvgIpc) is 2.60. The molecular weight excluding hydrogens is 215 g/mol. The standard InChI is InChI=1S/C11H6ClFN2/c12-15-7-8(6-14)5-11(15)9-3-1-2-4-10(9)13/h1-5,7H. The molecule has 0 N–H and O–H groups in total. The van der Waals surface area contributed by atoms with Gasteiger partial charge in [0.2, 0.25) is 0 Å². The summed E-state index contributed by atoms with van der Waals surface area (Å²) in [6.07, 6.45) is 1.45. The fourth-order valence-electron chi connectivity index (χ4n) is 1.36. The number of benzene rings is 1. The second-order valence-electron chi connectivity index (χ2n) is 3.02. The lowest BCUT2D eigenvalue weighted by molar-refractivity contribution is 0.630.